The summed E-state index contributed by atoms with van der Waals surface area (Å²) in [7, 11) is 1.03. The molecule has 0 aliphatic rings. The van der Waals surface area contributed by atoms with Gasteiger partial charge in [-0.05, 0) is 17.7 Å². The molecule has 1 rings (SSSR count). The standard InChI is InChI=1S/C10H7ClF2O3/c1-16-10(15)9(14)3-5-2-8(13)6(11)4-7(5)12/h2,4H,3H2,1H3. The van der Waals surface area contributed by atoms with E-state index in [2.05, 4.69) is 4.74 Å². The minimum absolute atomic E-state index is 0.239. The zero-order valence-electron chi connectivity index (χ0n) is 8.22. The largest absolute Gasteiger partial charge is 0.463 e. The van der Waals surface area contributed by atoms with Gasteiger partial charge in [-0.15, -0.1) is 0 Å². The SMILES string of the molecule is COC(=O)C(=O)Cc1cc(F)c(Cl)cc1F. The highest BCUT2D eigenvalue weighted by molar-refractivity contribution is 6.34. The fourth-order valence-electron chi connectivity index (χ4n) is 1.06. The topological polar surface area (TPSA) is 43.4 Å². The molecule has 86 valence electrons. The van der Waals surface area contributed by atoms with Gasteiger partial charge in [0.1, 0.15) is 11.6 Å². The minimum Gasteiger partial charge on any atom is -0.463 e. The Morgan fingerprint density at radius 3 is 2.50 bits per heavy atom. The van der Waals surface area contributed by atoms with Crippen LogP contribution in [0.3, 0.4) is 0 Å². The van der Waals surface area contributed by atoms with Gasteiger partial charge in [-0.25, -0.2) is 13.6 Å². The van der Waals surface area contributed by atoms with Crippen molar-refractivity contribution >= 4 is 23.4 Å². The van der Waals surface area contributed by atoms with Gasteiger partial charge in [0, 0.05) is 6.42 Å². The van der Waals surface area contributed by atoms with Crippen LogP contribution in [0.2, 0.25) is 5.02 Å². The zero-order valence-corrected chi connectivity index (χ0v) is 8.98. The number of rotatable bonds is 3. The second kappa shape index (κ2) is 5.03. The molecule has 0 aliphatic heterocycles. The number of ether oxygens (including phenoxy) is 1. The Balaban J connectivity index is 2.94. The van der Waals surface area contributed by atoms with Crippen LogP contribution in [-0.2, 0) is 20.7 Å². The van der Waals surface area contributed by atoms with Crippen molar-refractivity contribution in [3.8, 4) is 0 Å². The van der Waals surface area contributed by atoms with Gasteiger partial charge in [-0.3, -0.25) is 4.79 Å². The smallest absolute Gasteiger partial charge is 0.374 e. The van der Waals surface area contributed by atoms with E-state index in [0.29, 0.717) is 0 Å². The van der Waals surface area contributed by atoms with E-state index < -0.39 is 29.8 Å². The van der Waals surface area contributed by atoms with Crippen LogP contribution in [-0.4, -0.2) is 18.9 Å². The molecule has 16 heavy (non-hydrogen) atoms. The van der Waals surface area contributed by atoms with Crippen molar-refractivity contribution in [2.45, 2.75) is 6.42 Å². The first-order valence-corrected chi connectivity index (χ1v) is 4.58. The molecule has 0 fully saturated rings. The Morgan fingerprint density at radius 2 is 1.94 bits per heavy atom. The molecule has 6 heteroatoms. The van der Waals surface area contributed by atoms with Crippen LogP contribution in [0.25, 0.3) is 0 Å². The van der Waals surface area contributed by atoms with Gasteiger partial charge in [0.05, 0.1) is 12.1 Å². The number of halogens is 3. The Bertz CT molecular complexity index is 446. The van der Waals surface area contributed by atoms with Gasteiger partial charge in [0.2, 0.25) is 5.78 Å². The quantitative estimate of drug-likeness (QED) is 0.466. The molecule has 0 saturated heterocycles. The summed E-state index contributed by atoms with van der Waals surface area (Å²) in [5.41, 5.74) is -0.239. The van der Waals surface area contributed by atoms with Crippen LogP contribution < -0.4 is 0 Å². The molecular weight excluding hydrogens is 242 g/mol. The third-order valence-corrected chi connectivity index (χ3v) is 2.14. The van der Waals surface area contributed by atoms with Gasteiger partial charge >= 0.3 is 5.97 Å². The molecule has 3 nitrogen and oxygen atoms in total. The first kappa shape index (κ1) is 12.6. The normalized spacial score (nSPS) is 10.0. The second-order valence-corrected chi connectivity index (χ2v) is 3.36. The molecule has 0 atom stereocenters. The maximum Gasteiger partial charge on any atom is 0.374 e. The van der Waals surface area contributed by atoms with Gasteiger partial charge < -0.3 is 4.74 Å². The van der Waals surface area contributed by atoms with Crippen molar-refractivity contribution in [3.05, 3.63) is 34.4 Å². The zero-order chi connectivity index (χ0) is 12.3. The highest BCUT2D eigenvalue weighted by atomic mass is 35.5. The summed E-state index contributed by atoms with van der Waals surface area (Å²) in [6.45, 7) is 0. The van der Waals surface area contributed by atoms with E-state index in [9.17, 15) is 18.4 Å². The number of Topliss-reactive ketones (excluding diaryl/α,β-unsaturated/α-hetero) is 1. The molecule has 1 aromatic carbocycles. The Morgan fingerprint density at radius 1 is 1.31 bits per heavy atom. The first-order chi connectivity index (χ1) is 7.45. The molecule has 0 amide bonds. The summed E-state index contributed by atoms with van der Waals surface area (Å²) >= 11 is 5.32. The number of hydrogen-bond acceptors (Lipinski definition) is 3. The van der Waals surface area contributed by atoms with Gasteiger partial charge in [0.15, 0.2) is 0 Å². The van der Waals surface area contributed by atoms with Crippen molar-refractivity contribution in [3.63, 3.8) is 0 Å². The molecule has 0 unspecified atom stereocenters. The summed E-state index contributed by atoms with van der Waals surface area (Å²) < 4.78 is 30.3. The Labute approximate surface area is 95.0 Å². The molecular formula is C10H7ClF2O3. The summed E-state index contributed by atoms with van der Waals surface area (Å²) in [5, 5.41) is -0.383. The third-order valence-electron chi connectivity index (χ3n) is 1.85. The van der Waals surface area contributed by atoms with E-state index in [1.165, 1.54) is 0 Å². The third kappa shape index (κ3) is 2.76. The number of methoxy groups -OCH3 is 1. The second-order valence-electron chi connectivity index (χ2n) is 2.95. The van der Waals surface area contributed by atoms with E-state index in [1.807, 2.05) is 0 Å². The molecule has 0 saturated carbocycles. The van der Waals surface area contributed by atoms with Gasteiger partial charge in [-0.1, -0.05) is 11.6 Å². The maximum atomic E-state index is 13.2. The average molecular weight is 249 g/mol. The van der Waals surface area contributed by atoms with Crippen LogP contribution in [0.1, 0.15) is 5.56 Å². The van der Waals surface area contributed by atoms with E-state index >= 15 is 0 Å². The molecule has 0 bridgehead atoms. The van der Waals surface area contributed by atoms with Crippen LogP contribution in [0.4, 0.5) is 8.78 Å². The van der Waals surface area contributed by atoms with Crippen LogP contribution in [0.15, 0.2) is 12.1 Å². The number of carbonyl (C=O) groups excluding carboxylic acids is 2. The minimum atomic E-state index is -1.10. The average Bonchev–Trinajstić information content (AvgIpc) is 2.24. The van der Waals surface area contributed by atoms with Gasteiger partial charge in [0.25, 0.3) is 0 Å². The molecule has 0 aliphatic carbocycles. The summed E-state index contributed by atoms with van der Waals surface area (Å²) in [5.74, 6) is -3.75. The number of carbonyl (C=O) groups is 2. The molecule has 0 radical (unpaired) electrons. The number of ketones is 1. The summed E-state index contributed by atoms with van der Waals surface area (Å²) in [6, 6.07) is 1.52. The number of hydrogen-bond donors (Lipinski definition) is 0. The monoisotopic (exact) mass is 248 g/mol. The fourth-order valence-corrected chi connectivity index (χ4v) is 1.21. The molecule has 0 heterocycles. The summed E-state index contributed by atoms with van der Waals surface area (Å²) in [6.07, 6.45) is -0.563. The highest BCUT2D eigenvalue weighted by Gasteiger charge is 2.18. The lowest BCUT2D eigenvalue weighted by atomic mass is 10.1. The maximum absolute atomic E-state index is 13.2. The van der Waals surface area contributed by atoms with E-state index in [4.69, 9.17) is 11.6 Å². The van der Waals surface area contributed by atoms with Crippen molar-refractivity contribution in [2.24, 2.45) is 0 Å². The number of esters is 1. The van der Waals surface area contributed by atoms with Crippen molar-refractivity contribution in [1.82, 2.24) is 0 Å². The molecule has 1 aromatic rings. The lowest BCUT2D eigenvalue weighted by molar-refractivity contribution is -0.151. The van der Waals surface area contributed by atoms with Crippen LogP contribution >= 0.6 is 11.6 Å². The highest BCUT2D eigenvalue weighted by Crippen LogP contribution is 2.19. The Kier molecular flexibility index (Phi) is 3.95. The van der Waals surface area contributed by atoms with Crippen LogP contribution in [0.5, 0.6) is 0 Å². The molecule has 0 N–H and O–H groups in total. The van der Waals surface area contributed by atoms with Gasteiger partial charge in [-0.2, -0.15) is 0 Å². The van der Waals surface area contributed by atoms with E-state index in [1.54, 1.807) is 0 Å². The Hall–Kier alpha value is -1.49. The van der Waals surface area contributed by atoms with Crippen molar-refractivity contribution in [1.29, 1.82) is 0 Å². The molecule has 0 spiro atoms. The lowest BCUT2D eigenvalue weighted by Gasteiger charge is -2.03. The predicted octanol–water partition coefficient (Wildman–Crippen LogP) is 1.90. The predicted molar refractivity (Wildman–Crippen MR) is 52.1 cm³/mol. The van der Waals surface area contributed by atoms with E-state index in [0.717, 1.165) is 19.2 Å². The van der Waals surface area contributed by atoms with Crippen molar-refractivity contribution < 1.29 is 23.1 Å². The summed E-state index contributed by atoms with van der Waals surface area (Å²) in [4.78, 5) is 21.9. The molecule has 0 aromatic heterocycles. The fraction of sp³-hybridized carbons (Fsp3) is 0.200. The van der Waals surface area contributed by atoms with Crippen molar-refractivity contribution in [2.75, 3.05) is 7.11 Å². The lowest BCUT2D eigenvalue weighted by Crippen LogP contribution is -2.18. The van der Waals surface area contributed by atoms with Crippen LogP contribution in [0, 0.1) is 11.6 Å². The first-order valence-electron chi connectivity index (χ1n) is 4.20. The van der Waals surface area contributed by atoms with E-state index in [-0.39, 0.29) is 10.6 Å². The number of benzene rings is 1.